The van der Waals surface area contributed by atoms with Crippen LogP contribution in [0.2, 0.25) is 10.0 Å². The summed E-state index contributed by atoms with van der Waals surface area (Å²) in [7, 11) is 0. The van der Waals surface area contributed by atoms with Crippen molar-refractivity contribution in [3.8, 4) is 0 Å². The number of halogens is 2. The van der Waals surface area contributed by atoms with E-state index >= 15 is 0 Å². The van der Waals surface area contributed by atoms with Gasteiger partial charge in [0, 0.05) is 34.6 Å². The number of amides is 2. The van der Waals surface area contributed by atoms with Crippen LogP contribution in [-0.2, 0) is 29.0 Å². The lowest BCUT2D eigenvalue weighted by molar-refractivity contribution is -0.141. The summed E-state index contributed by atoms with van der Waals surface area (Å²) < 4.78 is 0. The normalized spacial score (nSPS) is 14.7. The molecule has 4 nitrogen and oxygen atoms in total. The molecular weight excluding hydrogens is 503 g/mol. The molecule has 194 valence electrons. The van der Waals surface area contributed by atoms with E-state index in [4.69, 9.17) is 23.2 Å². The molecule has 1 fully saturated rings. The Morgan fingerprint density at radius 1 is 0.892 bits per heavy atom. The van der Waals surface area contributed by atoms with Crippen molar-refractivity contribution in [3.05, 3.63) is 105 Å². The lowest BCUT2D eigenvalue weighted by Gasteiger charge is -2.34. The average molecular weight is 538 g/mol. The highest BCUT2D eigenvalue weighted by Gasteiger charge is 2.32. The molecule has 0 aliphatic heterocycles. The van der Waals surface area contributed by atoms with E-state index in [0.717, 1.165) is 42.4 Å². The Morgan fingerprint density at radius 2 is 1.54 bits per heavy atom. The second-order valence-corrected chi connectivity index (χ2v) is 10.8. The van der Waals surface area contributed by atoms with Crippen LogP contribution < -0.4 is 5.32 Å². The topological polar surface area (TPSA) is 49.4 Å². The van der Waals surface area contributed by atoms with Crippen LogP contribution in [0, 0.1) is 6.92 Å². The van der Waals surface area contributed by atoms with Crippen LogP contribution in [0.4, 0.5) is 0 Å². The van der Waals surface area contributed by atoms with Crippen LogP contribution in [0.15, 0.2) is 72.8 Å². The molecule has 0 unspecified atom stereocenters. The fourth-order valence-electron chi connectivity index (χ4n) is 5.05. The SMILES string of the molecule is Cc1cccc(CC(=O)N(Cc2c(Cl)cccc2Cl)[C@@H](Cc2ccccc2)C(=O)NC2CCCCC2)c1. The third-order valence-electron chi connectivity index (χ3n) is 7.05. The van der Waals surface area contributed by atoms with Crippen LogP contribution in [-0.4, -0.2) is 28.8 Å². The van der Waals surface area contributed by atoms with E-state index < -0.39 is 6.04 Å². The molecule has 2 amide bonds. The fraction of sp³-hybridized carbons (Fsp3) is 0.355. The van der Waals surface area contributed by atoms with Gasteiger partial charge >= 0.3 is 0 Å². The second kappa shape index (κ2) is 13.1. The number of aryl methyl sites for hydroxylation is 1. The smallest absolute Gasteiger partial charge is 0.243 e. The summed E-state index contributed by atoms with van der Waals surface area (Å²) in [6, 6.07) is 22.5. The predicted molar refractivity (Wildman–Crippen MR) is 151 cm³/mol. The molecule has 0 heterocycles. The van der Waals surface area contributed by atoms with Crippen molar-refractivity contribution in [1.29, 1.82) is 0 Å². The van der Waals surface area contributed by atoms with Crippen LogP contribution in [0.25, 0.3) is 0 Å². The quantitative estimate of drug-likeness (QED) is 0.322. The highest BCUT2D eigenvalue weighted by molar-refractivity contribution is 6.36. The van der Waals surface area contributed by atoms with E-state index in [1.54, 1.807) is 23.1 Å². The number of carbonyl (C=O) groups is 2. The summed E-state index contributed by atoms with van der Waals surface area (Å²) in [5.41, 5.74) is 3.63. The zero-order valence-corrected chi connectivity index (χ0v) is 22.8. The number of hydrogen-bond acceptors (Lipinski definition) is 2. The van der Waals surface area contributed by atoms with Gasteiger partial charge in [-0.2, -0.15) is 0 Å². The molecule has 4 rings (SSSR count). The lowest BCUT2D eigenvalue weighted by atomic mass is 9.94. The van der Waals surface area contributed by atoms with Crippen LogP contribution in [0.5, 0.6) is 0 Å². The molecule has 0 radical (unpaired) electrons. The summed E-state index contributed by atoms with van der Waals surface area (Å²) in [5.74, 6) is -0.266. The predicted octanol–water partition coefficient (Wildman–Crippen LogP) is 6.93. The molecule has 1 aliphatic carbocycles. The van der Waals surface area contributed by atoms with E-state index in [1.807, 2.05) is 61.5 Å². The first-order chi connectivity index (χ1) is 17.9. The molecule has 1 saturated carbocycles. The van der Waals surface area contributed by atoms with Crippen molar-refractivity contribution >= 4 is 35.0 Å². The Labute approximate surface area is 230 Å². The summed E-state index contributed by atoms with van der Waals surface area (Å²) in [4.78, 5) is 29.5. The maximum atomic E-state index is 13.9. The molecule has 1 N–H and O–H groups in total. The monoisotopic (exact) mass is 536 g/mol. The largest absolute Gasteiger partial charge is 0.352 e. The van der Waals surface area contributed by atoms with Crippen molar-refractivity contribution < 1.29 is 9.59 Å². The first-order valence-corrected chi connectivity index (χ1v) is 13.8. The van der Waals surface area contributed by atoms with Crippen LogP contribution >= 0.6 is 23.2 Å². The number of benzene rings is 3. The summed E-state index contributed by atoms with van der Waals surface area (Å²) in [6.45, 7) is 2.16. The van der Waals surface area contributed by atoms with Gasteiger partial charge in [0.05, 0.1) is 6.42 Å². The second-order valence-electron chi connectivity index (χ2n) is 9.94. The molecule has 6 heteroatoms. The summed E-state index contributed by atoms with van der Waals surface area (Å²) >= 11 is 13.1. The first kappa shape index (κ1) is 27.2. The van der Waals surface area contributed by atoms with Gasteiger partial charge in [-0.05, 0) is 43.0 Å². The minimum atomic E-state index is -0.700. The molecule has 3 aromatic carbocycles. The Morgan fingerprint density at radius 3 is 2.22 bits per heavy atom. The van der Waals surface area contributed by atoms with Gasteiger partial charge < -0.3 is 10.2 Å². The molecule has 1 atom stereocenters. The molecule has 0 bridgehead atoms. The van der Waals surface area contributed by atoms with Crippen molar-refractivity contribution in [3.63, 3.8) is 0 Å². The number of carbonyl (C=O) groups excluding carboxylic acids is 2. The van der Waals surface area contributed by atoms with Crippen molar-refractivity contribution in [2.45, 2.75) is 70.5 Å². The van der Waals surface area contributed by atoms with E-state index in [0.29, 0.717) is 22.0 Å². The zero-order valence-electron chi connectivity index (χ0n) is 21.3. The highest BCUT2D eigenvalue weighted by atomic mass is 35.5. The van der Waals surface area contributed by atoms with Gasteiger partial charge in [0.15, 0.2) is 0 Å². The molecule has 3 aromatic rings. The summed E-state index contributed by atoms with van der Waals surface area (Å²) in [5, 5.41) is 4.22. The van der Waals surface area contributed by atoms with Gasteiger partial charge in [0.2, 0.25) is 11.8 Å². The number of rotatable bonds is 9. The van der Waals surface area contributed by atoms with Gasteiger partial charge in [-0.15, -0.1) is 0 Å². The van der Waals surface area contributed by atoms with E-state index in [9.17, 15) is 9.59 Å². The Kier molecular flexibility index (Phi) is 9.65. The first-order valence-electron chi connectivity index (χ1n) is 13.0. The average Bonchev–Trinajstić information content (AvgIpc) is 2.88. The standard InChI is InChI=1S/C31H34Cl2N2O2/c1-22-10-8-13-24(18-22)20-30(36)35(21-26-27(32)16-9-17-28(26)33)29(19-23-11-4-2-5-12-23)31(37)34-25-14-6-3-7-15-25/h2,4-5,8-13,16-18,25,29H,3,6-7,14-15,19-21H2,1H3,(H,34,37)/t29-/m0/s1. The third kappa shape index (κ3) is 7.59. The Balaban J connectivity index is 1.69. The van der Waals surface area contributed by atoms with E-state index in [1.165, 1.54) is 6.42 Å². The maximum Gasteiger partial charge on any atom is 0.243 e. The Hall–Kier alpha value is -2.82. The van der Waals surface area contributed by atoms with Gasteiger partial charge in [-0.3, -0.25) is 9.59 Å². The van der Waals surface area contributed by atoms with Gasteiger partial charge in [0.1, 0.15) is 6.04 Å². The van der Waals surface area contributed by atoms with Crippen molar-refractivity contribution in [2.75, 3.05) is 0 Å². The van der Waals surface area contributed by atoms with E-state index in [-0.39, 0.29) is 30.8 Å². The highest BCUT2D eigenvalue weighted by Crippen LogP contribution is 2.28. The molecular formula is C31H34Cl2N2O2. The fourth-order valence-corrected chi connectivity index (χ4v) is 5.57. The van der Waals surface area contributed by atoms with Gasteiger partial charge in [-0.1, -0.05) is 109 Å². The number of nitrogens with one attached hydrogen (secondary N) is 1. The number of hydrogen-bond donors (Lipinski definition) is 1. The number of nitrogens with zero attached hydrogens (tertiary/aromatic N) is 1. The van der Waals surface area contributed by atoms with Crippen LogP contribution in [0.3, 0.4) is 0 Å². The summed E-state index contributed by atoms with van der Waals surface area (Å²) in [6.07, 6.45) is 5.95. The lowest BCUT2D eigenvalue weighted by Crippen LogP contribution is -2.53. The van der Waals surface area contributed by atoms with Crippen LogP contribution in [0.1, 0.15) is 54.4 Å². The molecule has 0 saturated heterocycles. The molecule has 37 heavy (non-hydrogen) atoms. The molecule has 0 aromatic heterocycles. The third-order valence-corrected chi connectivity index (χ3v) is 7.76. The van der Waals surface area contributed by atoms with Gasteiger partial charge in [0.25, 0.3) is 0 Å². The van der Waals surface area contributed by atoms with Crippen molar-refractivity contribution in [1.82, 2.24) is 10.2 Å². The zero-order chi connectivity index (χ0) is 26.2. The maximum absolute atomic E-state index is 13.9. The molecule has 1 aliphatic rings. The Bertz CT molecular complexity index is 1190. The van der Waals surface area contributed by atoms with Crippen molar-refractivity contribution in [2.24, 2.45) is 0 Å². The minimum absolute atomic E-state index is 0.128. The van der Waals surface area contributed by atoms with E-state index in [2.05, 4.69) is 5.32 Å². The molecule has 0 spiro atoms. The van der Waals surface area contributed by atoms with Gasteiger partial charge in [-0.25, -0.2) is 0 Å². The minimum Gasteiger partial charge on any atom is -0.352 e.